The van der Waals surface area contributed by atoms with Crippen LogP contribution < -0.4 is 5.32 Å². The maximum atomic E-state index is 5.71. The van der Waals surface area contributed by atoms with Crippen LogP contribution in [0.1, 0.15) is 32.9 Å². The van der Waals surface area contributed by atoms with E-state index in [0.717, 1.165) is 19.6 Å². The van der Waals surface area contributed by atoms with Crippen LogP contribution in [0.25, 0.3) is 0 Å². The van der Waals surface area contributed by atoms with E-state index >= 15 is 0 Å². The highest BCUT2D eigenvalue weighted by Gasteiger charge is 2.48. The molecular weight excluding hydrogens is 200 g/mol. The summed E-state index contributed by atoms with van der Waals surface area (Å²) in [5.74, 6) is 0. The van der Waals surface area contributed by atoms with Crippen LogP contribution in [0, 0.1) is 5.41 Å². The van der Waals surface area contributed by atoms with Crippen LogP contribution >= 0.6 is 0 Å². The molecule has 16 heavy (non-hydrogen) atoms. The van der Waals surface area contributed by atoms with Crippen molar-refractivity contribution >= 4 is 0 Å². The van der Waals surface area contributed by atoms with Gasteiger partial charge in [0.05, 0.1) is 6.10 Å². The van der Waals surface area contributed by atoms with Gasteiger partial charge in [0.1, 0.15) is 0 Å². The molecule has 0 amide bonds. The standard InChI is InChI=1S/C13H22N2O/c1-4-16-12-8-11(13(12,2)3)15-9-10-6-5-7-14-10/h5-7,11-12,14-15H,4,8-9H2,1-3H3. The Balaban J connectivity index is 1.80. The maximum absolute atomic E-state index is 5.71. The zero-order chi connectivity index (χ0) is 11.6. The number of H-pyrrole nitrogens is 1. The van der Waals surface area contributed by atoms with Crippen molar-refractivity contribution in [3.05, 3.63) is 24.0 Å². The van der Waals surface area contributed by atoms with Gasteiger partial charge in [-0.15, -0.1) is 0 Å². The van der Waals surface area contributed by atoms with E-state index in [0.29, 0.717) is 12.1 Å². The van der Waals surface area contributed by atoms with Gasteiger partial charge in [-0.1, -0.05) is 13.8 Å². The first-order valence-electron chi connectivity index (χ1n) is 6.12. The predicted octanol–water partition coefficient (Wildman–Crippen LogP) is 2.31. The minimum atomic E-state index is 0.253. The van der Waals surface area contributed by atoms with Crippen molar-refractivity contribution in [2.24, 2.45) is 5.41 Å². The summed E-state index contributed by atoms with van der Waals surface area (Å²) in [6.45, 7) is 8.36. The van der Waals surface area contributed by atoms with E-state index in [1.807, 2.05) is 12.3 Å². The molecule has 0 aliphatic heterocycles. The monoisotopic (exact) mass is 222 g/mol. The van der Waals surface area contributed by atoms with Crippen LogP contribution in [0.2, 0.25) is 0 Å². The Hall–Kier alpha value is -0.800. The Morgan fingerprint density at radius 3 is 2.94 bits per heavy atom. The zero-order valence-electron chi connectivity index (χ0n) is 10.4. The molecule has 2 unspecified atom stereocenters. The van der Waals surface area contributed by atoms with Gasteiger partial charge in [0, 0.05) is 36.5 Å². The molecule has 2 rings (SSSR count). The quantitative estimate of drug-likeness (QED) is 0.802. The summed E-state index contributed by atoms with van der Waals surface area (Å²) in [4.78, 5) is 3.21. The van der Waals surface area contributed by atoms with E-state index in [1.165, 1.54) is 5.69 Å². The molecule has 1 aromatic rings. The maximum Gasteiger partial charge on any atom is 0.0655 e. The summed E-state index contributed by atoms with van der Waals surface area (Å²) < 4.78 is 5.71. The Morgan fingerprint density at radius 1 is 1.56 bits per heavy atom. The van der Waals surface area contributed by atoms with E-state index in [4.69, 9.17) is 4.74 Å². The minimum Gasteiger partial charge on any atom is -0.378 e. The number of hydrogen-bond acceptors (Lipinski definition) is 2. The molecule has 0 spiro atoms. The van der Waals surface area contributed by atoms with E-state index in [1.54, 1.807) is 0 Å². The zero-order valence-corrected chi connectivity index (χ0v) is 10.4. The molecule has 1 fully saturated rings. The average molecular weight is 222 g/mol. The number of nitrogens with one attached hydrogen (secondary N) is 2. The minimum absolute atomic E-state index is 0.253. The summed E-state index contributed by atoms with van der Waals surface area (Å²) in [6.07, 6.45) is 3.51. The second kappa shape index (κ2) is 4.60. The Kier molecular flexibility index (Phi) is 3.36. The van der Waals surface area contributed by atoms with Gasteiger partial charge in [-0.05, 0) is 25.5 Å². The molecule has 3 heteroatoms. The summed E-state index contributed by atoms with van der Waals surface area (Å²) in [5, 5.41) is 3.59. The van der Waals surface area contributed by atoms with E-state index in [-0.39, 0.29) is 5.41 Å². The molecule has 1 heterocycles. The number of ether oxygens (including phenoxy) is 1. The predicted molar refractivity (Wildman–Crippen MR) is 65.2 cm³/mol. The number of hydrogen-bond donors (Lipinski definition) is 2. The third kappa shape index (κ3) is 2.15. The van der Waals surface area contributed by atoms with Gasteiger partial charge < -0.3 is 15.0 Å². The van der Waals surface area contributed by atoms with Crippen molar-refractivity contribution in [1.29, 1.82) is 0 Å². The van der Waals surface area contributed by atoms with Crippen LogP contribution in [-0.4, -0.2) is 23.7 Å². The molecule has 90 valence electrons. The number of rotatable bonds is 5. The van der Waals surface area contributed by atoms with Gasteiger partial charge in [-0.2, -0.15) is 0 Å². The van der Waals surface area contributed by atoms with Crippen molar-refractivity contribution in [2.45, 2.75) is 45.9 Å². The lowest BCUT2D eigenvalue weighted by molar-refractivity contribution is -0.114. The van der Waals surface area contributed by atoms with Gasteiger partial charge in [0.15, 0.2) is 0 Å². The van der Waals surface area contributed by atoms with Crippen molar-refractivity contribution < 1.29 is 4.74 Å². The molecule has 3 nitrogen and oxygen atoms in total. The fourth-order valence-corrected chi connectivity index (χ4v) is 2.43. The molecule has 0 aromatic carbocycles. The van der Waals surface area contributed by atoms with Gasteiger partial charge in [-0.3, -0.25) is 0 Å². The van der Waals surface area contributed by atoms with Crippen LogP contribution in [0.3, 0.4) is 0 Å². The second-order valence-electron chi connectivity index (χ2n) is 5.13. The average Bonchev–Trinajstić information content (AvgIpc) is 2.75. The lowest BCUT2D eigenvalue weighted by Crippen LogP contribution is -2.60. The van der Waals surface area contributed by atoms with Crippen molar-refractivity contribution in [2.75, 3.05) is 6.61 Å². The largest absolute Gasteiger partial charge is 0.378 e. The van der Waals surface area contributed by atoms with Gasteiger partial charge >= 0.3 is 0 Å². The van der Waals surface area contributed by atoms with Crippen molar-refractivity contribution in [3.8, 4) is 0 Å². The van der Waals surface area contributed by atoms with E-state index < -0.39 is 0 Å². The molecule has 1 aromatic heterocycles. The fraction of sp³-hybridized carbons (Fsp3) is 0.692. The van der Waals surface area contributed by atoms with Crippen molar-refractivity contribution in [3.63, 3.8) is 0 Å². The Labute approximate surface area is 97.6 Å². The second-order valence-corrected chi connectivity index (χ2v) is 5.13. The molecule has 0 saturated heterocycles. The lowest BCUT2D eigenvalue weighted by Gasteiger charge is -2.51. The number of aromatic amines is 1. The molecular formula is C13H22N2O. The smallest absolute Gasteiger partial charge is 0.0655 e. The van der Waals surface area contributed by atoms with E-state index in [2.05, 4.69) is 37.1 Å². The summed E-state index contributed by atoms with van der Waals surface area (Å²) in [6, 6.07) is 4.71. The third-order valence-electron chi connectivity index (χ3n) is 3.75. The van der Waals surface area contributed by atoms with Crippen LogP contribution in [0.4, 0.5) is 0 Å². The van der Waals surface area contributed by atoms with Crippen molar-refractivity contribution in [1.82, 2.24) is 10.3 Å². The highest BCUT2D eigenvalue weighted by molar-refractivity contribution is 5.07. The molecule has 2 atom stereocenters. The number of aromatic nitrogens is 1. The molecule has 1 saturated carbocycles. The van der Waals surface area contributed by atoms with Gasteiger partial charge in [0.2, 0.25) is 0 Å². The summed E-state index contributed by atoms with van der Waals surface area (Å²) >= 11 is 0. The third-order valence-corrected chi connectivity index (χ3v) is 3.75. The fourth-order valence-electron chi connectivity index (χ4n) is 2.43. The molecule has 0 radical (unpaired) electrons. The highest BCUT2D eigenvalue weighted by Crippen LogP contribution is 2.42. The van der Waals surface area contributed by atoms with Gasteiger partial charge in [0.25, 0.3) is 0 Å². The first kappa shape index (κ1) is 11.7. The Bertz CT molecular complexity index is 319. The normalized spacial score (nSPS) is 27.7. The van der Waals surface area contributed by atoms with E-state index in [9.17, 15) is 0 Å². The van der Waals surface area contributed by atoms with Crippen LogP contribution in [0.15, 0.2) is 18.3 Å². The first-order valence-corrected chi connectivity index (χ1v) is 6.12. The highest BCUT2D eigenvalue weighted by atomic mass is 16.5. The Morgan fingerprint density at radius 2 is 2.38 bits per heavy atom. The molecule has 1 aliphatic carbocycles. The lowest BCUT2D eigenvalue weighted by atomic mass is 9.64. The SMILES string of the molecule is CCOC1CC(NCc2ccc[nH]2)C1(C)C. The van der Waals surface area contributed by atoms with Crippen LogP contribution in [-0.2, 0) is 11.3 Å². The first-order chi connectivity index (χ1) is 7.64. The topological polar surface area (TPSA) is 37.0 Å². The van der Waals surface area contributed by atoms with Gasteiger partial charge in [-0.25, -0.2) is 0 Å². The van der Waals surface area contributed by atoms with Crippen LogP contribution in [0.5, 0.6) is 0 Å². The summed E-state index contributed by atoms with van der Waals surface area (Å²) in [5.41, 5.74) is 1.50. The summed E-state index contributed by atoms with van der Waals surface area (Å²) in [7, 11) is 0. The molecule has 0 bridgehead atoms. The molecule has 1 aliphatic rings. The molecule has 2 N–H and O–H groups in total.